The van der Waals surface area contributed by atoms with E-state index >= 15 is 0 Å². The topological polar surface area (TPSA) is 156 Å². The average Bonchev–Trinajstić information content (AvgIpc) is 3.85. The van der Waals surface area contributed by atoms with Crippen LogP contribution in [0.4, 0.5) is 27.9 Å². The van der Waals surface area contributed by atoms with E-state index in [1.165, 1.54) is 0 Å². The molecule has 56 heavy (non-hydrogen) atoms. The zero-order valence-electron chi connectivity index (χ0n) is 31.7. The molecule has 288 valence electrons. The Hall–Kier alpha value is -6.16. The summed E-state index contributed by atoms with van der Waals surface area (Å²) in [4.78, 5) is 25.0. The quantitative estimate of drug-likeness (QED) is 0.0962. The molecule has 1 aliphatic rings. The summed E-state index contributed by atoms with van der Waals surface area (Å²) < 4.78 is 19.5. The lowest BCUT2D eigenvalue weighted by molar-refractivity contribution is 0.0322. The molecule has 0 radical (unpaired) electrons. The van der Waals surface area contributed by atoms with Crippen molar-refractivity contribution < 1.29 is 19.0 Å². The molecule has 4 heterocycles. The van der Waals surface area contributed by atoms with Crippen molar-refractivity contribution in [1.82, 2.24) is 34.8 Å². The van der Waals surface area contributed by atoms with Gasteiger partial charge in [-0.1, -0.05) is 24.3 Å². The summed E-state index contributed by atoms with van der Waals surface area (Å²) in [6.07, 6.45) is 9.94. The monoisotopic (exact) mass is 772 g/mol. The van der Waals surface area contributed by atoms with Crippen LogP contribution in [0.25, 0.3) is 27.4 Å². The smallest absolute Gasteiger partial charge is 0.324 e. The van der Waals surface area contributed by atoms with Gasteiger partial charge in [0.25, 0.3) is 0 Å². The van der Waals surface area contributed by atoms with Gasteiger partial charge in [0.1, 0.15) is 28.9 Å². The first-order valence-corrected chi connectivity index (χ1v) is 21.2. The van der Waals surface area contributed by atoms with Gasteiger partial charge >= 0.3 is 6.03 Å². The van der Waals surface area contributed by atoms with Gasteiger partial charge in [0.05, 0.1) is 36.3 Å². The van der Waals surface area contributed by atoms with E-state index in [9.17, 15) is 4.79 Å². The first-order chi connectivity index (χ1) is 27.2. The van der Waals surface area contributed by atoms with E-state index in [-0.39, 0.29) is 0 Å². The molecule has 4 N–H and O–H groups in total. The molecule has 0 unspecified atom stereocenters. The molecule has 1 aliphatic heterocycles. The number of carbonyl (C=O) groups excluding carboxylic acids is 1. The van der Waals surface area contributed by atoms with Gasteiger partial charge < -0.3 is 24.8 Å². The molecular formula is C41H44N10O4S. The number of aromatic nitrogens is 6. The van der Waals surface area contributed by atoms with E-state index < -0.39 is 16.1 Å². The Bertz CT molecular complexity index is 2490. The Labute approximate surface area is 325 Å². The summed E-state index contributed by atoms with van der Waals surface area (Å²) in [5.74, 6) is 2.67. The summed E-state index contributed by atoms with van der Waals surface area (Å²) in [5, 5.41) is 25.0. The van der Waals surface area contributed by atoms with Crippen LogP contribution in [-0.4, -0.2) is 99.1 Å². The number of fused-ring (bicyclic) bond motifs is 2. The summed E-state index contributed by atoms with van der Waals surface area (Å²) in [5.41, 5.74) is 4.30. The summed E-state index contributed by atoms with van der Waals surface area (Å²) in [7, 11) is -1.20. The molecule has 0 bridgehead atoms. The Balaban J connectivity index is 0.966. The van der Waals surface area contributed by atoms with E-state index in [2.05, 4.69) is 59.8 Å². The molecular weight excluding hydrogens is 729 g/mol. The normalized spacial score (nSPS) is 13.8. The molecule has 15 heteroatoms. The second-order valence-electron chi connectivity index (χ2n) is 14.2. The Morgan fingerprint density at radius 3 is 2.55 bits per heavy atom. The number of amides is 2. The lowest BCUT2D eigenvalue weighted by Crippen LogP contribution is -2.38. The lowest BCUT2D eigenvalue weighted by atomic mass is 10.1. The van der Waals surface area contributed by atoms with Gasteiger partial charge in [-0.3, -0.25) is 15.3 Å². The number of aromatic amines is 1. The Kier molecular flexibility index (Phi) is 10.4. The maximum Gasteiger partial charge on any atom is 0.324 e. The second kappa shape index (κ2) is 15.9. The molecule has 4 aromatic carbocycles. The van der Waals surface area contributed by atoms with Gasteiger partial charge in [-0.05, 0) is 79.8 Å². The predicted molar refractivity (Wildman–Crippen MR) is 223 cm³/mol. The summed E-state index contributed by atoms with van der Waals surface area (Å²) in [6, 6.07) is 26.4. The largest absolute Gasteiger partial charge is 0.492 e. The maximum absolute atomic E-state index is 13.7. The zero-order valence-corrected chi connectivity index (χ0v) is 32.5. The number of H-pyrrole nitrogens is 1. The number of carbonyl (C=O) groups is 1. The number of ether oxygens (including phenoxy) is 3. The molecule has 3 aromatic heterocycles. The number of nitrogens with zero attached hydrogens (tertiary/aromatic N) is 6. The van der Waals surface area contributed by atoms with Crippen molar-refractivity contribution in [3.63, 3.8) is 0 Å². The van der Waals surface area contributed by atoms with Crippen molar-refractivity contribution in [2.24, 2.45) is 0 Å². The minimum atomic E-state index is -1.20. The Morgan fingerprint density at radius 2 is 1.75 bits per heavy atom. The van der Waals surface area contributed by atoms with E-state index in [4.69, 9.17) is 19.3 Å². The third-order valence-electron chi connectivity index (χ3n) is 9.40. The molecule has 0 spiro atoms. The van der Waals surface area contributed by atoms with Crippen molar-refractivity contribution >= 4 is 60.9 Å². The van der Waals surface area contributed by atoms with Crippen LogP contribution in [0.2, 0.25) is 0 Å². The average molecular weight is 773 g/mol. The fourth-order valence-electron chi connectivity index (χ4n) is 6.49. The number of hydrogen-bond acceptors (Lipinski definition) is 10. The van der Waals surface area contributed by atoms with Gasteiger partial charge in [-0.2, -0.15) is 15.2 Å². The minimum Gasteiger partial charge on any atom is -0.492 e. The lowest BCUT2D eigenvalue weighted by Gasteiger charge is -2.26. The number of hydrogen-bond donors (Lipinski definition) is 4. The van der Waals surface area contributed by atoms with Gasteiger partial charge in [-0.15, -0.1) is 0 Å². The summed E-state index contributed by atoms with van der Waals surface area (Å²) >= 11 is 0. The van der Waals surface area contributed by atoms with Crippen molar-refractivity contribution in [1.29, 1.82) is 0 Å². The third kappa shape index (κ3) is 8.39. The van der Waals surface area contributed by atoms with Crippen LogP contribution in [0.3, 0.4) is 0 Å². The van der Waals surface area contributed by atoms with E-state index in [1.807, 2.05) is 85.8 Å². The fourth-order valence-corrected chi connectivity index (χ4v) is 7.29. The highest BCUT2D eigenvalue weighted by molar-refractivity contribution is 8.32. The number of urea groups is 1. The standard InChI is InChI=1S/C41H44N10O4S/c1-27-23-29(24-28-26-43-48-39(27)28)44-40-42-16-15-37(47-40)55-35-14-13-34(32-7-5-6-8-33(32)35)45-41(52)46-36-25-38(56(2,3)4)49-51(36)30-9-11-31(12-10-30)54-22-19-50-17-20-53-21-18-50/h5-16,23-26H,17-22H2,1-4H3,(H,43,48)(H,42,44,47)(H2,45,46,52). The van der Waals surface area contributed by atoms with Gasteiger partial charge in [0.15, 0.2) is 0 Å². The van der Waals surface area contributed by atoms with E-state index in [0.29, 0.717) is 35.7 Å². The highest BCUT2D eigenvalue weighted by atomic mass is 32.3. The van der Waals surface area contributed by atoms with Gasteiger partial charge in [0.2, 0.25) is 11.8 Å². The number of rotatable bonds is 12. The molecule has 0 atom stereocenters. The molecule has 0 saturated carbocycles. The van der Waals surface area contributed by atoms with Crippen molar-refractivity contribution in [2.45, 2.75) is 11.9 Å². The SMILES string of the molecule is Cc1cc(Nc2nccc(Oc3ccc(NC(=O)Nc4cc(S(C)(C)C)nn4-c4ccc(OCCN5CCOCC5)cc4)c4ccccc34)n2)cc2cn[nH]c12. The maximum atomic E-state index is 13.7. The van der Waals surface area contributed by atoms with Crippen LogP contribution in [0.5, 0.6) is 17.4 Å². The van der Waals surface area contributed by atoms with Gasteiger partial charge in [-0.25, -0.2) is 24.5 Å². The number of aryl methyl sites for hydroxylation is 1. The number of morpholine rings is 1. The minimum absolute atomic E-state index is 0.366. The number of anilines is 4. The van der Waals surface area contributed by atoms with Crippen molar-refractivity contribution in [2.75, 3.05) is 74.2 Å². The van der Waals surface area contributed by atoms with Crippen molar-refractivity contribution in [3.05, 3.63) is 103 Å². The number of nitrogens with one attached hydrogen (secondary N) is 4. The van der Waals surface area contributed by atoms with Gasteiger partial charge in [0, 0.05) is 59.8 Å². The first-order valence-electron chi connectivity index (χ1n) is 18.3. The molecule has 14 nitrogen and oxygen atoms in total. The van der Waals surface area contributed by atoms with Crippen LogP contribution in [0.15, 0.2) is 102 Å². The summed E-state index contributed by atoms with van der Waals surface area (Å²) in [6.45, 7) is 6.84. The highest BCUT2D eigenvalue weighted by Gasteiger charge is 2.20. The molecule has 2 amide bonds. The van der Waals surface area contributed by atoms with Crippen LogP contribution in [0.1, 0.15) is 5.56 Å². The highest BCUT2D eigenvalue weighted by Crippen LogP contribution is 2.45. The van der Waals surface area contributed by atoms with E-state index in [1.54, 1.807) is 23.1 Å². The second-order valence-corrected chi connectivity index (χ2v) is 18.3. The fraction of sp³-hybridized carbons (Fsp3) is 0.244. The predicted octanol–water partition coefficient (Wildman–Crippen LogP) is 7.94. The zero-order chi connectivity index (χ0) is 38.6. The molecule has 8 rings (SSSR count). The molecule has 1 fully saturated rings. The molecule has 1 saturated heterocycles. The first kappa shape index (κ1) is 36.8. The van der Waals surface area contributed by atoms with Crippen LogP contribution in [0, 0.1) is 6.92 Å². The van der Waals surface area contributed by atoms with Crippen LogP contribution in [-0.2, 0) is 4.74 Å². The van der Waals surface area contributed by atoms with Crippen molar-refractivity contribution in [3.8, 4) is 23.1 Å². The molecule has 7 aromatic rings. The third-order valence-corrected chi connectivity index (χ3v) is 10.9. The Morgan fingerprint density at radius 1 is 0.946 bits per heavy atom. The van der Waals surface area contributed by atoms with E-state index in [0.717, 1.165) is 82.2 Å². The molecule has 0 aliphatic carbocycles. The van der Waals surface area contributed by atoms with Crippen LogP contribution < -0.4 is 25.4 Å². The number of benzene rings is 4. The van der Waals surface area contributed by atoms with Crippen LogP contribution >= 0.6 is 10.0 Å².